The first-order chi connectivity index (χ1) is 23.3. The fourth-order valence-corrected chi connectivity index (χ4v) is 9.96. The summed E-state index contributed by atoms with van der Waals surface area (Å²) < 4.78 is 48.5. The molecule has 4 unspecified atom stereocenters. The zero-order chi connectivity index (χ0) is 35.0. The molecule has 0 radical (unpaired) electrons. The molecule has 2 N–H and O–H groups in total. The monoisotopic (exact) mass is 709 g/mol. The molecule has 7 rings (SSSR count). The number of ether oxygens (including phenoxy) is 1. The van der Waals surface area contributed by atoms with Gasteiger partial charge in [-0.2, -0.15) is 13.2 Å². The molecule has 0 saturated heterocycles. The molecule has 3 aliphatic carbocycles. The number of rotatable bonds is 7. The Balaban J connectivity index is 1.38. The summed E-state index contributed by atoms with van der Waals surface area (Å²) in [6.45, 7) is 6.69. The highest BCUT2D eigenvalue weighted by molar-refractivity contribution is 8.01. The van der Waals surface area contributed by atoms with Crippen molar-refractivity contribution in [2.24, 2.45) is 5.41 Å². The van der Waals surface area contributed by atoms with Crippen LogP contribution in [0.3, 0.4) is 0 Å². The Morgan fingerprint density at radius 1 is 1.10 bits per heavy atom. The fraction of sp³-hybridized carbons (Fsp3) is 0.436. The molecule has 4 aromatic rings. The van der Waals surface area contributed by atoms with Crippen LogP contribution in [-0.4, -0.2) is 45.0 Å². The molecule has 5 nitrogen and oxygen atoms in total. The lowest BCUT2D eigenvalue weighted by molar-refractivity contribution is -0.137. The van der Waals surface area contributed by atoms with Gasteiger partial charge in [0, 0.05) is 22.3 Å². The van der Waals surface area contributed by atoms with Gasteiger partial charge in [-0.1, -0.05) is 54.6 Å². The van der Waals surface area contributed by atoms with Gasteiger partial charge in [0.15, 0.2) is 10.1 Å². The quantitative estimate of drug-likeness (QED) is 0.113. The number of benzene rings is 3. The van der Waals surface area contributed by atoms with E-state index in [1.165, 1.54) is 29.5 Å². The Hall–Kier alpha value is -3.18. The third kappa shape index (κ3) is 7.48. The summed E-state index contributed by atoms with van der Waals surface area (Å²) in [5.41, 5.74) is 1.17. The third-order valence-electron chi connectivity index (χ3n) is 10.5. The third-order valence-corrected chi connectivity index (χ3v) is 12.8. The van der Waals surface area contributed by atoms with E-state index in [1.54, 1.807) is 17.4 Å². The SMILES string of the molecule is CCOc1ccc2nc(SCC3(O)CCC4c5ccc(cc5C(=O)c5cccc(C(F)(F)F)c5)CC(O)CCC(C)=CCCC43C)sc2c1. The first-order valence-corrected chi connectivity index (χ1v) is 18.7. The van der Waals surface area contributed by atoms with E-state index in [1.807, 2.05) is 37.3 Å². The summed E-state index contributed by atoms with van der Waals surface area (Å²) in [7, 11) is 0. The lowest BCUT2D eigenvalue weighted by Crippen LogP contribution is -2.46. The van der Waals surface area contributed by atoms with Crippen LogP contribution in [0, 0.1) is 5.41 Å². The molecule has 1 aromatic heterocycles. The first kappa shape index (κ1) is 35.6. The second kappa shape index (κ2) is 14.2. The zero-order valence-corrected chi connectivity index (χ0v) is 29.6. The molecule has 0 spiro atoms. The van der Waals surface area contributed by atoms with Crippen molar-refractivity contribution in [1.29, 1.82) is 0 Å². The molecule has 3 aromatic carbocycles. The molecular formula is C39H42F3NO4S2. The molecule has 4 atom stereocenters. The van der Waals surface area contributed by atoms with E-state index in [4.69, 9.17) is 9.72 Å². The Morgan fingerprint density at radius 3 is 2.69 bits per heavy atom. The summed E-state index contributed by atoms with van der Waals surface area (Å²) in [5.74, 6) is 0.470. The van der Waals surface area contributed by atoms with Crippen molar-refractivity contribution in [3.8, 4) is 5.75 Å². The van der Waals surface area contributed by atoms with Gasteiger partial charge in [0.1, 0.15) is 5.75 Å². The second-order valence-corrected chi connectivity index (χ2v) is 15.9. The Bertz CT molecular complexity index is 1870. The standard InChI is InChI=1S/C39H42F3NO4S2/c1-4-47-29-13-15-33-34(22-29)49-36(43-33)48-23-38(46)18-16-32-30-14-11-25(19-28(44)12-10-24(2)7-6-17-37(32,38)3)20-31(30)35(45)26-8-5-9-27(21-26)39(40,41)42/h5,7-9,11,13-15,20-22,28,32,44,46H,4,6,10,12,16-19,23H2,1-3H3. The lowest BCUT2D eigenvalue weighted by atomic mass is 9.65. The molecule has 0 aliphatic heterocycles. The van der Waals surface area contributed by atoms with Crippen LogP contribution in [0.2, 0.25) is 0 Å². The van der Waals surface area contributed by atoms with Gasteiger partial charge in [-0.3, -0.25) is 4.79 Å². The number of carbonyl (C=O) groups excluding carboxylic acids is 1. The summed E-state index contributed by atoms with van der Waals surface area (Å²) in [6.07, 6.45) is 1.04. The number of ketones is 1. The van der Waals surface area contributed by atoms with Crippen molar-refractivity contribution < 1.29 is 32.9 Å². The summed E-state index contributed by atoms with van der Waals surface area (Å²) in [4.78, 5) is 19.0. The van der Waals surface area contributed by atoms with Crippen LogP contribution in [0.5, 0.6) is 5.75 Å². The average Bonchev–Trinajstić information content (AvgIpc) is 3.59. The predicted octanol–water partition coefficient (Wildman–Crippen LogP) is 9.78. The van der Waals surface area contributed by atoms with Gasteiger partial charge in [-0.05, 0) is 112 Å². The minimum Gasteiger partial charge on any atom is -0.494 e. The van der Waals surface area contributed by atoms with E-state index in [9.17, 15) is 28.2 Å². The number of thioether (sulfide) groups is 1. The smallest absolute Gasteiger partial charge is 0.416 e. The van der Waals surface area contributed by atoms with Gasteiger partial charge < -0.3 is 14.9 Å². The van der Waals surface area contributed by atoms with Crippen LogP contribution in [-0.2, 0) is 12.6 Å². The van der Waals surface area contributed by atoms with Gasteiger partial charge in [-0.25, -0.2) is 4.98 Å². The molecule has 1 heterocycles. The van der Waals surface area contributed by atoms with Gasteiger partial charge in [0.2, 0.25) is 0 Å². The number of thiazole rings is 1. The highest BCUT2D eigenvalue weighted by atomic mass is 32.2. The van der Waals surface area contributed by atoms with Crippen molar-refractivity contribution >= 4 is 39.1 Å². The van der Waals surface area contributed by atoms with Gasteiger partial charge in [-0.15, -0.1) is 11.3 Å². The Morgan fingerprint density at radius 2 is 1.92 bits per heavy atom. The maximum Gasteiger partial charge on any atom is 0.416 e. The molecule has 1 saturated carbocycles. The Kier molecular flexibility index (Phi) is 10.3. The topological polar surface area (TPSA) is 79.7 Å². The van der Waals surface area contributed by atoms with Crippen LogP contribution in [0.25, 0.3) is 10.2 Å². The highest BCUT2D eigenvalue weighted by Crippen LogP contribution is 2.60. The van der Waals surface area contributed by atoms with Crippen LogP contribution >= 0.6 is 23.1 Å². The van der Waals surface area contributed by atoms with E-state index < -0.39 is 34.6 Å². The number of aliphatic hydroxyl groups excluding tert-OH is 1. The second-order valence-electron chi connectivity index (χ2n) is 13.7. The van der Waals surface area contributed by atoms with Crippen LogP contribution < -0.4 is 4.74 Å². The Labute approximate surface area is 293 Å². The van der Waals surface area contributed by atoms with E-state index in [0.29, 0.717) is 56.4 Å². The van der Waals surface area contributed by atoms with Crippen molar-refractivity contribution in [2.75, 3.05) is 12.4 Å². The molecule has 0 amide bonds. The predicted molar refractivity (Wildman–Crippen MR) is 190 cm³/mol. The van der Waals surface area contributed by atoms with E-state index >= 15 is 0 Å². The summed E-state index contributed by atoms with van der Waals surface area (Å²) in [5, 5.41) is 23.5. The normalized spacial score (nSPS) is 24.8. The average molecular weight is 710 g/mol. The maximum atomic E-state index is 14.2. The first-order valence-electron chi connectivity index (χ1n) is 16.9. The summed E-state index contributed by atoms with van der Waals surface area (Å²) >= 11 is 3.10. The van der Waals surface area contributed by atoms with Crippen LogP contribution in [0.15, 0.2) is 76.7 Å². The molecule has 10 heteroatoms. The molecule has 49 heavy (non-hydrogen) atoms. The number of nitrogens with zero attached hydrogens (tertiary/aromatic N) is 1. The minimum absolute atomic E-state index is 0.0395. The number of alkyl halides is 3. The van der Waals surface area contributed by atoms with E-state index in [-0.39, 0.29) is 11.5 Å². The van der Waals surface area contributed by atoms with E-state index in [2.05, 4.69) is 19.9 Å². The molecule has 2 bridgehead atoms. The number of hydrogen-bond acceptors (Lipinski definition) is 7. The fourth-order valence-electron chi connectivity index (χ4n) is 7.55. The van der Waals surface area contributed by atoms with E-state index in [0.717, 1.165) is 50.0 Å². The van der Waals surface area contributed by atoms with Crippen molar-refractivity contribution in [2.45, 2.75) is 93.9 Å². The molecule has 1 fully saturated rings. The van der Waals surface area contributed by atoms with Crippen molar-refractivity contribution in [3.05, 3.63) is 100 Å². The summed E-state index contributed by atoms with van der Waals surface area (Å²) in [6, 6.07) is 16.0. The highest BCUT2D eigenvalue weighted by Gasteiger charge is 2.56. The number of aromatic nitrogens is 1. The number of hydrogen-bond donors (Lipinski definition) is 2. The zero-order valence-electron chi connectivity index (χ0n) is 28.0. The minimum atomic E-state index is -4.59. The number of fused-ring (bicyclic) bond motifs is 9. The van der Waals surface area contributed by atoms with Gasteiger partial charge in [0.25, 0.3) is 0 Å². The molecule has 260 valence electrons. The van der Waals surface area contributed by atoms with Gasteiger partial charge in [0.05, 0.1) is 34.1 Å². The lowest BCUT2D eigenvalue weighted by Gasteiger charge is -2.44. The largest absolute Gasteiger partial charge is 0.494 e. The van der Waals surface area contributed by atoms with Crippen molar-refractivity contribution in [1.82, 2.24) is 4.98 Å². The van der Waals surface area contributed by atoms with Crippen LogP contribution in [0.1, 0.15) is 97.8 Å². The maximum absolute atomic E-state index is 14.2. The van der Waals surface area contributed by atoms with Gasteiger partial charge >= 0.3 is 6.18 Å². The molecule has 3 aliphatic rings. The van der Waals surface area contributed by atoms with Crippen LogP contribution in [0.4, 0.5) is 13.2 Å². The number of allylic oxidation sites excluding steroid dienone is 2. The van der Waals surface area contributed by atoms with Crippen molar-refractivity contribution in [3.63, 3.8) is 0 Å². The number of aliphatic hydroxyl groups is 2. The number of carbonyl (C=O) groups is 1. The number of halogens is 3. The molecular weight excluding hydrogens is 668 g/mol.